The Morgan fingerprint density at radius 3 is 2.86 bits per heavy atom. The van der Waals surface area contributed by atoms with Gasteiger partial charge in [-0.1, -0.05) is 31.0 Å². The van der Waals surface area contributed by atoms with Crippen LogP contribution >= 0.6 is 0 Å². The predicted octanol–water partition coefficient (Wildman–Crippen LogP) is 3.09. The Labute approximate surface area is 125 Å². The van der Waals surface area contributed by atoms with Gasteiger partial charge in [0.25, 0.3) is 0 Å². The number of rotatable bonds is 5. The molecule has 21 heavy (non-hydrogen) atoms. The highest BCUT2D eigenvalue weighted by Crippen LogP contribution is 2.43. The highest BCUT2D eigenvalue weighted by atomic mass is 16.5. The smallest absolute Gasteiger partial charge is 0.0889 e. The number of hydrazine groups is 1. The second-order valence-electron chi connectivity index (χ2n) is 5.76. The summed E-state index contributed by atoms with van der Waals surface area (Å²) in [5, 5.41) is 1.15. The molecule has 2 aromatic rings. The summed E-state index contributed by atoms with van der Waals surface area (Å²) in [7, 11) is 0. The second-order valence-corrected chi connectivity index (χ2v) is 5.76. The van der Waals surface area contributed by atoms with Crippen LogP contribution in [0.4, 0.5) is 0 Å². The van der Waals surface area contributed by atoms with Crippen molar-refractivity contribution in [2.45, 2.75) is 44.2 Å². The molecular formula is C17H23N3O. The van der Waals surface area contributed by atoms with E-state index in [0.29, 0.717) is 6.61 Å². The molecule has 0 bridgehead atoms. The quantitative estimate of drug-likeness (QED) is 0.654. The average molecular weight is 285 g/mol. The van der Waals surface area contributed by atoms with E-state index < -0.39 is 0 Å². The highest BCUT2D eigenvalue weighted by Gasteiger charge is 2.42. The molecule has 4 heteroatoms. The highest BCUT2D eigenvalue weighted by molar-refractivity contribution is 5.79. The lowest BCUT2D eigenvalue weighted by Crippen LogP contribution is -2.46. The summed E-state index contributed by atoms with van der Waals surface area (Å²) in [5.74, 6) is 5.89. The summed E-state index contributed by atoms with van der Waals surface area (Å²) in [6.45, 7) is 2.76. The van der Waals surface area contributed by atoms with Gasteiger partial charge in [-0.05, 0) is 37.5 Å². The van der Waals surface area contributed by atoms with Gasteiger partial charge in [0.1, 0.15) is 0 Å². The van der Waals surface area contributed by atoms with Crippen LogP contribution in [0.25, 0.3) is 10.9 Å². The number of benzene rings is 1. The van der Waals surface area contributed by atoms with E-state index in [1.165, 1.54) is 12.8 Å². The van der Waals surface area contributed by atoms with Gasteiger partial charge in [-0.2, -0.15) is 0 Å². The van der Waals surface area contributed by atoms with Gasteiger partial charge < -0.3 is 4.74 Å². The van der Waals surface area contributed by atoms with Gasteiger partial charge in [-0.15, -0.1) is 0 Å². The molecule has 112 valence electrons. The summed E-state index contributed by atoms with van der Waals surface area (Å²) in [4.78, 5) is 4.44. The molecule has 1 aliphatic carbocycles. The van der Waals surface area contributed by atoms with Gasteiger partial charge in [0.2, 0.25) is 0 Å². The van der Waals surface area contributed by atoms with Crippen LogP contribution in [0.2, 0.25) is 0 Å². The second kappa shape index (κ2) is 6.10. The topological polar surface area (TPSA) is 60.2 Å². The van der Waals surface area contributed by atoms with Gasteiger partial charge >= 0.3 is 0 Å². The summed E-state index contributed by atoms with van der Waals surface area (Å²) in [6.07, 6.45) is 6.32. The Kier molecular flexibility index (Phi) is 4.19. The molecule has 1 aliphatic rings. The molecule has 3 rings (SSSR count). The molecule has 1 atom stereocenters. The van der Waals surface area contributed by atoms with E-state index in [9.17, 15) is 0 Å². The van der Waals surface area contributed by atoms with Crippen molar-refractivity contribution in [2.24, 2.45) is 5.84 Å². The standard InChI is InChI=1S/C17H23N3O/c1-2-21-17(9-3-4-10-17)16(20-18)14-8-7-13-6-5-11-19-15(13)12-14/h5-8,11-12,16,20H,2-4,9-10,18H2,1H3. The molecule has 1 aromatic carbocycles. The van der Waals surface area contributed by atoms with Crippen molar-refractivity contribution in [3.63, 3.8) is 0 Å². The zero-order chi connectivity index (χ0) is 14.7. The molecule has 1 fully saturated rings. The number of pyridine rings is 1. The lowest BCUT2D eigenvalue weighted by molar-refractivity contribution is -0.0627. The molecular weight excluding hydrogens is 262 g/mol. The van der Waals surface area contributed by atoms with Crippen LogP contribution in [0.1, 0.15) is 44.2 Å². The molecule has 0 spiro atoms. The van der Waals surface area contributed by atoms with Crippen LogP contribution in [-0.4, -0.2) is 17.2 Å². The Morgan fingerprint density at radius 2 is 2.14 bits per heavy atom. The molecule has 0 saturated heterocycles. The van der Waals surface area contributed by atoms with Crippen molar-refractivity contribution in [3.05, 3.63) is 42.1 Å². The normalized spacial score (nSPS) is 19.0. The van der Waals surface area contributed by atoms with Crippen molar-refractivity contribution in [3.8, 4) is 0 Å². The minimum absolute atomic E-state index is 0.00589. The predicted molar refractivity (Wildman–Crippen MR) is 84.6 cm³/mol. The zero-order valence-electron chi connectivity index (χ0n) is 12.5. The minimum Gasteiger partial charge on any atom is -0.373 e. The van der Waals surface area contributed by atoms with Crippen LogP contribution in [0, 0.1) is 0 Å². The zero-order valence-corrected chi connectivity index (χ0v) is 12.5. The third-order valence-electron chi connectivity index (χ3n) is 4.54. The number of hydrogen-bond donors (Lipinski definition) is 2. The monoisotopic (exact) mass is 285 g/mol. The summed E-state index contributed by atoms with van der Waals surface area (Å²) >= 11 is 0. The molecule has 1 unspecified atom stereocenters. The Bertz CT molecular complexity index is 608. The number of hydrogen-bond acceptors (Lipinski definition) is 4. The summed E-state index contributed by atoms with van der Waals surface area (Å²) in [5.41, 5.74) is 4.96. The first-order valence-electron chi connectivity index (χ1n) is 7.74. The number of ether oxygens (including phenoxy) is 1. The van der Waals surface area contributed by atoms with E-state index in [1.807, 2.05) is 12.3 Å². The van der Waals surface area contributed by atoms with Crippen LogP contribution in [0.3, 0.4) is 0 Å². The molecule has 0 radical (unpaired) electrons. The van der Waals surface area contributed by atoms with Crippen molar-refractivity contribution >= 4 is 10.9 Å². The van der Waals surface area contributed by atoms with Crippen molar-refractivity contribution < 1.29 is 4.74 Å². The molecule has 1 heterocycles. The van der Waals surface area contributed by atoms with E-state index in [-0.39, 0.29) is 11.6 Å². The fourth-order valence-corrected chi connectivity index (χ4v) is 3.59. The third kappa shape index (κ3) is 2.67. The molecule has 0 amide bonds. The third-order valence-corrected chi connectivity index (χ3v) is 4.54. The molecule has 1 aromatic heterocycles. The maximum Gasteiger partial charge on any atom is 0.0889 e. The van der Waals surface area contributed by atoms with Gasteiger partial charge in [0.15, 0.2) is 0 Å². The van der Waals surface area contributed by atoms with Gasteiger partial charge in [0.05, 0.1) is 17.2 Å². The molecule has 4 nitrogen and oxygen atoms in total. The van der Waals surface area contributed by atoms with Gasteiger partial charge in [0, 0.05) is 18.2 Å². The Balaban J connectivity index is 2.00. The lowest BCUT2D eigenvalue weighted by Gasteiger charge is -2.37. The maximum atomic E-state index is 6.15. The fourth-order valence-electron chi connectivity index (χ4n) is 3.59. The number of nitrogens with two attached hydrogens (primary N) is 1. The van der Waals surface area contributed by atoms with Crippen molar-refractivity contribution in [1.82, 2.24) is 10.4 Å². The molecule has 3 N–H and O–H groups in total. The van der Waals surface area contributed by atoms with Crippen molar-refractivity contribution in [1.29, 1.82) is 0 Å². The van der Waals surface area contributed by atoms with Crippen LogP contribution in [0.5, 0.6) is 0 Å². The first kappa shape index (κ1) is 14.4. The molecule has 1 saturated carbocycles. The maximum absolute atomic E-state index is 6.15. The molecule has 0 aliphatic heterocycles. The first-order chi connectivity index (χ1) is 10.3. The first-order valence-corrected chi connectivity index (χ1v) is 7.74. The number of fused-ring (bicyclic) bond motifs is 1. The van der Waals surface area contributed by atoms with Gasteiger partial charge in [-0.25, -0.2) is 0 Å². The van der Waals surface area contributed by atoms with E-state index in [1.54, 1.807) is 0 Å². The minimum atomic E-state index is -0.189. The summed E-state index contributed by atoms with van der Waals surface area (Å²) in [6, 6.07) is 10.4. The van der Waals surface area contributed by atoms with Crippen LogP contribution < -0.4 is 11.3 Å². The Morgan fingerprint density at radius 1 is 1.33 bits per heavy atom. The van der Waals surface area contributed by atoms with Gasteiger partial charge in [-0.3, -0.25) is 16.3 Å². The largest absolute Gasteiger partial charge is 0.373 e. The fraction of sp³-hybridized carbons (Fsp3) is 0.471. The van der Waals surface area contributed by atoms with E-state index in [0.717, 1.165) is 29.3 Å². The Hall–Kier alpha value is -1.49. The van der Waals surface area contributed by atoms with Crippen LogP contribution in [-0.2, 0) is 4.74 Å². The number of nitrogens with zero attached hydrogens (tertiary/aromatic N) is 1. The average Bonchev–Trinajstić information content (AvgIpc) is 2.97. The van der Waals surface area contributed by atoms with E-state index in [4.69, 9.17) is 10.6 Å². The lowest BCUT2D eigenvalue weighted by atomic mass is 9.86. The summed E-state index contributed by atoms with van der Waals surface area (Å²) < 4.78 is 6.15. The van der Waals surface area contributed by atoms with Crippen LogP contribution in [0.15, 0.2) is 36.5 Å². The van der Waals surface area contributed by atoms with E-state index in [2.05, 4.69) is 41.6 Å². The van der Waals surface area contributed by atoms with E-state index >= 15 is 0 Å². The number of aromatic nitrogens is 1. The SMILES string of the molecule is CCOC1(C(NN)c2ccc3cccnc3c2)CCCC1. The number of nitrogens with one attached hydrogen (secondary N) is 1. The van der Waals surface area contributed by atoms with Crippen molar-refractivity contribution in [2.75, 3.05) is 6.61 Å².